The lowest BCUT2D eigenvalue weighted by molar-refractivity contribution is 0.0671. The molecule has 26 heavy (non-hydrogen) atoms. The first-order chi connectivity index (χ1) is 12.2. The number of nitrogens with zero attached hydrogens (tertiary/aromatic N) is 1. The minimum atomic E-state index is -3.66. The fourth-order valence-electron chi connectivity index (χ4n) is 2.50. The van der Waals surface area contributed by atoms with Gasteiger partial charge in [-0.15, -0.1) is 0 Å². The molecular weight excluding hydrogens is 374 g/mol. The highest BCUT2D eigenvalue weighted by Gasteiger charge is 2.24. The van der Waals surface area contributed by atoms with Gasteiger partial charge in [-0.3, -0.25) is 4.79 Å². The summed E-state index contributed by atoms with van der Waals surface area (Å²) in [5.74, 6) is 0.00868. The zero-order valence-electron chi connectivity index (χ0n) is 15.0. The van der Waals surface area contributed by atoms with Gasteiger partial charge >= 0.3 is 10.1 Å². The standard InChI is InChI=1S/C19H22ClNO4S/c1-4-14(2)21(19(22)16-10-6-7-11-17(16)20)13-15-9-5-8-12-18(15)25-26(3,23)24/h5-12,14H,4,13H2,1-3H3. The molecule has 140 valence electrons. The molecule has 0 aliphatic carbocycles. The summed E-state index contributed by atoms with van der Waals surface area (Å²) in [5.41, 5.74) is 1.02. The van der Waals surface area contributed by atoms with Crippen LogP contribution in [0.1, 0.15) is 36.2 Å². The van der Waals surface area contributed by atoms with E-state index in [0.717, 1.165) is 12.7 Å². The molecule has 2 rings (SSSR count). The first kappa shape index (κ1) is 20.3. The Morgan fingerprint density at radius 3 is 2.38 bits per heavy atom. The van der Waals surface area contributed by atoms with Gasteiger partial charge in [0, 0.05) is 18.2 Å². The van der Waals surface area contributed by atoms with E-state index in [1.807, 2.05) is 13.8 Å². The van der Waals surface area contributed by atoms with Crippen LogP contribution in [-0.4, -0.2) is 31.5 Å². The average Bonchev–Trinajstić information content (AvgIpc) is 2.59. The van der Waals surface area contributed by atoms with Crippen LogP contribution in [0, 0.1) is 0 Å². The predicted molar refractivity (Wildman–Crippen MR) is 103 cm³/mol. The molecule has 2 aromatic rings. The minimum Gasteiger partial charge on any atom is -0.382 e. The second kappa shape index (κ2) is 8.56. The highest BCUT2D eigenvalue weighted by atomic mass is 35.5. The molecule has 0 saturated carbocycles. The van der Waals surface area contributed by atoms with Crippen molar-refractivity contribution in [1.29, 1.82) is 0 Å². The normalized spacial score (nSPS) is 12.5. The van der Waals surface area contributed by atoms with E-state index in [9.17, 15) is 13.2 Å². The van der Waals surface area contributed by atoms with E-state index >= 15 is 0 Å². The number of carbonyl (C=O) groups excluding carboxylic acids is 1. The van der Waals surface area contributed by atoms with Gasteiger partial charge in [0.2, 0.25) is 0 Å². The van der Waals surface area contributed by atoms with Crippen LogP contribution in [0.4, 0.5) is 0 Å². The van der Waals surface area contributed by atoms with Gasteiger partial charge in [0.1, 0.15) is 5.75 Å². The number of amides is 1. The summed E-state index contributed by atoms with van der Waals surface area (Å²) >= 11 is 6.18. The molecule has 0 N–H and O–H groups in total. The molecular formula is C19H22ClNO4S. The maximum absolute atomic E-state index is 13.0. The molecule has 2 aromatic carbocycles. The van der Waals surface area contributed by atoms with Gasteiger partial charge in [-0.05, 0) is 31.5 Å². The maximum Gasteiger partial charge on any atom is 0.306 e. The topological polar surface area (TPSA) is 63.7 Å². The smallest absolute Gasteiger partial charge is 0.306 e. The number of rotatable bonds is 7. The third-order valence-electron chi connectivity index (χ3n) is 4.04. The van der Waals surface area contributed by atoms with Crippen molar-refractivity contribution in [2.45, 2.75) is 32.9 Å². The molecule has 7 heteroatoms. The predicted octanol–water partition coefficient (Wildman–Crippen LogP) is 4.12. The van der Waals surface area contributed by atoms with E-state index in [2.05, 4.69) is 0 Å². The third kappa shape index (κ3) is 5.22. The van der Waals surface area contributed by atoms with Gasteiger partial charge < -0.3 is 9.08 Å². The zero-order valence-corrected chi connectivity index (χ0v) is 16.5. The van der Waals surface area contributed by atoms with Gasteiger partial charge in [0.25, 0.3) is 5.91 Å². The van der Waals surface area contributed by atoms with Crippen LogP contribution >= 0.6 is 11.6 Å². The quantitative estimate of drug-likeness (QED) is 0.661. The van der Waals surface area contributed by atoms with E-state index in [-0.39, 0.29) is 24.2 Å². The van der Waals surface area contributed by atoms with Crippen molar-refractivity contribution in [3.63, 3.8) is 0 Å². The van der Waals surface area contributed by atoms with Crippen molar-refractivity contribution < 1.29 is 17.4 Å². The van der Waals surface area contributed by atoms with Crippen LogP contribution in [0.15, 0.2) is 48.5 Å². The van der Waals surface area contributed by atoms with Crippen LogP contribution < -0.4 is 4.18 Å². The van der Waals surface area contributed by atoms with Gasteiger partial charge in [-0.1, -0.05) is 48.9 Å². The first-order valence-electron chi connectivity index (χ1n) is 8.25. The Bertz CT molecular complexity index is 883. The number of benzene rings is 2. The molecule has 0 radical (unpaired) electrons. The lowest BCUT2D eigenvalue weighted by atomic mass is 10.1. The fraction of sp³-hybridized carbons (Fsp3) is 0.316. The Kier molecular flexibility index (Phi) is 6.67. The lowest BCUT2D eigenvalue weighted by Gasteiger charge is -2.29. The number of carbonyl (C=O) groups is 1. The summed E-state index contributed by atoms with van der Waals surface area (Å²) in [7, 11) is -3.66. The molecule has 0 aromatic heterocycles. The highest BCUT2D eigenvalue weighted by molar-refractivity contribution is 7.86. The minimum absolute atomic E-state index is 0.0648. The Labute approximate surface area is 159 Å². The Morgan fingerprint density at radius 2 is 1.77 bits per heavy atom. The largest absolute Gasteiger partial charge is 0.382 e. The number of hydrogen-bond donors (Lipinski definition) is 0. The van der Waals surface area contributed by atoms with Crippen LogP contribution in [0.5, 0.6) is 5.75 Å². The van der Waals surface area contributed by atoms with E-state index in [4.69, 9.17) is 15.8 Å². The molecule has 1 amide bonds. The van der Waals surface area contributed by atoms with Crippen LogP contribution in [0.25, 0.3) is 0 Å². The van der Waals surface area contributed by atoms with E-state index < -0.39 is 10.1 Å². The molecule has 0 bridgehead atoms. The number of hydrogen-bond acceptors (Lipinski definition) is 4. The Balaban J connectivity index is 2.39. The molecule has 1 atom stereocenters. The molecule has 0 saturated heterocycles. The van der Waals surface area contributed by atoms with Crippen LogP contribution in [-0.2, 0) is 16.7 Å². The SMILES string of the molecule is CCC(C)N(Cc1ccccc1OS(C)(=O)=O)C(=O)c1ccccc1Cl. The highest BCUT2D eigenvalue weighted by Crippen LogP contribution is 2.25. The molecule has 0 heterocycles. The van der Waals surface area contributed by atoms with Crippen LogP contribution in [0.3, 0.4) is 0 Å². The second-order valence-electron chi connectivity index (χ2n) is 6.07. The lowest BCUT2D eigenvalue weighted by Crippen LogP contribution is -2.38. The van der Waals surface area contributed by atoms with Crippen molar-refractivity contribution in [3.05, 3.63) is 64.7 Å². The molecule has 5 nitrogen and oxygen atoms in total. The summed E-state index contributed by atoms with van der Waals surface area (Å²) in [5, 5.41) is 0.381. The summed E-state index contributed by atoms with van der Waals surface area (Å²) in [6.45, 7) is 4.13. The summed E-state index contributed by atoms with van der Waals surface area (Å²) < 4.78 is 28.1. The van der Waals surface area contributed by atoms with Gasteiger partial charge in [-0.25, -0.2) is 0 Å². The van der Waals surface area contributed by atoms with E-state index in [1.165, 1.54) is 0 Å². The fourth-order valence-corrected chi connectivity index (χ4v) is 3.21. The average molecular weight is 396 g/mol. The van der Waals surface area contributed by atoms with Crippen molar-refractivity contribution in [3.8, 4) is 5.75 Å². The number of para-hydroxylation sites is 1. The van der Waals surface area contributed by atoms with Crippen molar-refractivity contribution in [2.75, 3.05) is 6.26 Å². The molecule has 0 aliphatic heterocycles. The zero-order chi connectivity index (χ0) is 19.3. The second-order valence-corrected chi connectivity index (χ2v) is 8.05. The monoisotopic (exact) mass is 395 g/mol. The van der Waals surface area contributed by atoms with Crippen molar-refractivity contribution in [1.82, 2.24) is 4.90 Å². The molecule has 0 fully saturated rings. The Morgan fingerprint density at radius 1 is 1.15 bits per heavy atom. The summed E-state index contributed by atoms with van der Waals surface area (Å²) in [4.78, 5) is 14.7. The van der Waals surface area contributed by atoms with Gasteiger partial charge in [-0.2, -0.15) is 8.42 Å². The Hall–Kier alpha value is -2.05. The van der Waals surface area contributed by atoms with Gasteiger partial charge in [0.05, 0.1) is 16.8 Å². The summed E-state index contributed by atoms with van der Waals surface area (Å²) in [6.07, 6.45) is 1.73. The van der Waals surface area contributed by atoms with Crippen molar-refractivity contribution >= 4 is 27.6 Å². The van der Waals surface area contributed by atoms with Gasteiger partial charge in [0.15, 0.2) is 0 Å². The molecule has 1 unspecified atom stereocenters. The molecule has 0 spiro atoms. The molecule has 0 aliphatic rings. The van der Waals surface area contributed by atoms with Crippen molar-refractivity contribution in [2.24, 2.45) is 0 Å². The number of halogens is 1. The van der Waals surface area contributed by atoms with Crippen LogP contribution in [0.2, 0.25) is 5.02 Å². The van der Waals surface area contributed by atoms with E-state index in [0.29, 0.717) is 16.1 Å². The summed E-state index contributed by atoms with van der Waals surface area (Å²) in [6, 6.07) is 13.6. The first-order valence-corrected chi connectivity index (χ1v) is 10.4. The maximum atomic E-state index is 13.0. The van der Waals surface area contributed by atoms with E-state index in [1.54, 1.807) is 53.4 Å². The third-order valence-corrected chi connectivity index (χ3v) is 4.85.